The van der Waals surface area contributed by atoms with Gasteiger partial charge in [-0.05, 0) is 24.6 Å². The van der Waals surface area contributed by atoms with Crippen LogP contribution in [0, 0.1) is 0 Å². The molecule has 1 aliphatic rings. The van der Waals surface area contributed by atoms with Crippen molar-refractivity contribution < 1.29 is 18.7 Å². The normalized spacial score (nSPS) is 19.0. The topological polar surface area (TPSA) is 84.7 Å². The third-order valence-electron chi connectivity index (χ3n) is 4.83. The van der Waals surface area contributed by atoms with Crippen LogP contribution in [0.4, 0.5) is 4.79 Å². The Morgan fingerprint density at radius 2 is 1.93 bits per heavy atom. The van der Waals surface area contributed by atoms with Crippen molar-refractivity contribution in [3.8, 4) is 17.1 Å². The molecule has 0 bridgehead atoms. The minimum atomic E-state index is -1.18. The first kappa shape index (κ1) is 17.8. The van der Waals surface area contributed by atoms with E-state index in [1.54, 1.807) is 44.5 Å². The van der Waals surface area contributed by atoms with Gasteiger partial charge in [-0.3, -0.25) is 9.69 Å². The molecule has 1 N–H and O–H groups in total. The van der Waals surface area contributed by atoms with Gasteiger partial charge in [0.15, 0.2) is 5.76 Å². The number of imide groups is 1. The summed E-state index contributed by atoms with van der Waals surface area (Å²) in [7, 11) is 1.55. The number of nitrogens with zero attached hydrogens (tertiary/aromatic N) is 2. The van der Waals surface area contributed by atoms with Crippen molar-refractivity contribution in [3.05, 3.63) is 72.2 Å². The molecule has 2 aromatic carbocycles. The minimum Gasteiger partial charge on any atom is -0.497 e. The van der Waals surface area contributed by atoms with Crippen molar-refractivity contribution in [1.82, 2.24) is 15.2 Å². The first-order chi connectivity index (χ1) is 13.5. The second kappa shape index (κ2) is 6.84. The molecule has 0 saturated carbocycles. The molecule has 3 amide bonds. The van der Waals surface area contributed by atoms with Gasteiger partial charge in [-0.15, -0.1) is 0 Å². The number of oxazole rings is 1. The van der Waals surface area contributed by atoms with Gasteiger partial charge in [0.25, 0.3) is 5.91 Å². The molecule has 1 atom stereocenters. The number of rotatable bonds is 5. The zero-order chi connectivity index (χ0) is 19.7. The third kappa shape index (κ3) is 3.00. The number of ether oxygens (including phenoxy) is 1. The molecule has 1 aromatic heterocycles. The fraction of sp³-hybridized carbons (Fsp3) is 0.190. The summed E-state index contributed by atoms with van der Waals surface area (Å²) >= 11 is 0. The van der Waals surface area contributed by atoms with Gasteiger partial charge in [-0.2, -0.15) is 0 Å². The van der Waals surface area contributed by atoms with E-state index in [1.807, 2.05) is 30.3 Å². The molecular weight excluding hydrogens is 358 g/mol. The quantitative estimate of drug-likeness (QED) is 0.690. The summed E-state index contributed by atoms with van der Waals surface area (Å²) in [5, 5.41) is 2.77. The predicted molar refractivity (Wildman–Crippen MR) is 101 cm³/mol. The highest BCUT2D eigenvalue weighted by atomic mass is 16.5. The monoisotopic (exact) mass is 377 g/mol. The van der Waals surface area contributed by atoms with Gasteiger partial charge in [-0.25, -0.2) is 9.78 Å². The molecule has 1 aliphatic heterocycles. The summed E-state index contributed by atoms with van der Waals surface area (Å²) in [5.74, 6) is 1.11. The summed E-state index contributed by atoms with van der Waals surface area (Å²) in [5.41, 5.74) is 0.338. The molecule has 7 heteroatoms. The molecular formula is C21H19N3O4. The number of benzene rings is 2. The Labute approximate surface area is 161 Å². The van der Waals surface area contributed by atoms with Crippen molar-refractivity contribution in [3.63, 3.8) is 0 Å². The number of amides is 3. The van der Waals surface area contributed by atoms with Gasteiger partial charge in [0.05, 0.1) is 13.3 Å². The number of hydrogen-bond acceptors (Lipinski definition) is 5. The maximum atomic E-state index is 13.1. The summed E-state index contributed by atoms with van der Waals surface area (Å²) in [6.45, 7) is 1.63. The van der Waals surface area contributed by atoms with E-state index in [1.165, 1.54) is 0 Å². The lowest BCUT2D eigenvalue weighted by Crippen LogP contribution is -2.40. The van der Waals surface area contributed by atoms with Crippen LogP contribution in [0.3, 0.4) is 0 Å². The Morgan fingerprint density at radius 3 is 2.68 bits per heavy atom. The van der Waals surface area contributed by atoms with Crippen LogP contribution >= 0.6 is 0 Å². The molecule has 7 nitrogen and oxygen atoms in total. The number of carbonyl (C=O) groups is 2. The minimum absolute atomic E-state index is 0.0446. The van der Waals surface area contributed by atoms with Crippen LogP contribution < -0.4 is 10.1 Å². The van der Waals surface area contributed by atoms with E-state index in [-0.39, 0.29) is 18.3 Å². The number of carbonyl (C=O) groups excluding carboxylic acids is 2. The maximum absolute atomic E-state index is 13.1. The number of nitrogens with one attached hydrogen (secondary N) is 1. The molecule has 1 saturated heterocycles. The first-order valence-corrected chi connectivity index (χ1v) is 8.80. The molecule has 0 aliphatic carbocycles. The molecule has 0 spiro atoms. The van der Waals surface area contributed by atoms with Gasteiger partial charge in [0.2, 0.25) is 5.89 Å². The first-order valence-electron chi connectivity index (χ1n) is 8.80. The predicted octanol–water partition coefficient (Wildman–Crippen LogP) is 3.32. The van der Waals surface area contributed by atoms with Crippen LogP contribution in [0.2, 0.25) is 0 Å². The number of methoxy groups -OCH3 is 1. The van der Waals surface area contributed by atoms with E-state index in [2.05, 4.69) is 10.3 Å². The molecule has 28 heavy (non-hydrogen) atoms. The average molecular weight is 377 g/mol. The van der Waals surface area contributed by atoms with E-state index in [4.69, 9.17) is 9.15 Å². The molecule has 1 fully saturated rings. The summed E-state index contributed by atoms with van der Waals surface area (Å²) in [6, 6.07) is 16.1. The molecule has 3 aromatic rings. The molecule has 142 valence electrons. The highest BCUT2D eigenvalue weighted by Gasteiger charge is 2.49. The van der Waals surface area contributed by atoms with E-state index in [0.29, 0.717) is 17.1 Å². The number of hydrogen-bond donors (Lipinski definition) is 1. The zero-order valence-corrected chi connectivity index (χ0v) is 15.5. The van der Waals surface area contributed by atoms with E-state index in [9.17, 15) is 9.59 Å². The van der Waals surface area contributed by atoms with Crippen molar-refractivity contribution in [2.75, 3.05) is 7.11 Å². The molecule has 0 unspecified atom stereocenters. The average Bonchev–Trinajstić information content (AvgIpc) is 3.28. The largest absolute Gasteiger partial charge is 0.497 e. The van der Waals surface area contributed by atoms with Crippen LogP contribution in [-0.2, 0) is 16.9 Å². The molecule has 4 rings (SSSR count). The maximum Gasteiger partial charge on any atom is 0.325 e. The van der Waals surface area contributed by atoms with Gasteiger partial charge in [0.1, 0.15) is 17.8 Å². The van der Waals surface area contributed by atoms with Crippen LogP contribution in [0.1, 0.15) is 18.4 Å². The highest BCUT2D eigenvalue weighted by Crippen LogP contribution is 2.32. The zero-order valence-electron chi connectivity index (χ0n) is 15.5. The smallest absolute Gasteiger partial charge is 0.325 e. The van der Waals surface area contributed by atoms with Crippen LogP contribution in [0.15, 0.2) is 65.2 Å². The summed E-state index contributed by atoms with van der Waals surface area (Å²) in [6.07, 6.45) is 1.59. The fourth-order valence-corrected chi connectivity index (χ4v) is 3.22. The van der Waals surface area contributed by atoms with E-state index < -0.39 is 11.6 Å². The summed E-state index contributed by atoms with van der Waals surface area (Å²) in [4.78, 5) is 30.9. The van der Waals surface area contributed by atoms with Gasteiger partial charge < -0.3 is 14.5 Å². The molecule has 0 radical (unpaired) electrons. The van der Waals surface area contributed by atoms with Crippen molar-refractivity contribution in [1.29, 1.82) is 0 Å². The second-order valence-corrected chi connectivity index (χ2v) is 6.66. The Kier molecular flexibility index (Phi) is 4.35. The number of urea groups is 1. The van der Waals surface area contributed by atoms with E-state index >= 15 is 0 Å². The molecule has 2 heterocycles. The van der Waals surface area contributed by atoms with Gasteiger partial charge in [-0.1, -0.05) is 42.5 Å². The SMILES string of the molecule is COc1cccc([C@]2(C)NC(=O)N(Cc3ncc(-c4ccccc4)o3)C2=O)c1. The Bertz CT molecular complexity index is 1030. The summed E-state index contributed by atoms with van der Waals surface area (Å²) < 4.78 is 11.0. The Hall–Kier alpha value is -3.61. The lowest BCUT2D eigenvalue weighted by atomic mass is 9.92. The van der Waals surface area contributed by atoms with Crippen LogP contribution in [0.5, 0.6) is 5.75 Å². The van der Waals surface area contributed by atoms with Crippen LogP contribution in [-0.4, -0.2) is 28.9 Å². The lowest BCUT2D eigenvalue weighted by Gasteiger charge is -2.22. The van der Waals surface area contributed by atoms with Crippen molar-refractivity contribution in [2.45, 2.75) is 19.0 Å². The second-order valence-electron chi connectivity index (χ2n) is 6.66. The third-order valence-corrected chi connectivity index (χ3v) is 4.83. The standard InChI is InChI=1S/C21H19N3O4/c1-21(15-9-6-10-16(11-15)27-2)19(25)24(20(26)23-21)13-18-22-12-17(28-18)14-7-4-3-5-8-14/h3-12H,13H2,1-2H3,(H,23,26)/t21-/m0/s1. The fourth-order valence-electron chi connectivity index (χ4n) is 3.22. The Morgan fingerprint density at radius 1 is 1.14 bits per heavy atom. The van der Waals surface area contributed by atoms with Gasteiger partial charge in [0, 0.05) is 5.56 Å². The highest BCUT2D eigenvalue weighted by molar-refractivity contribution is 6.07. The van der Waals surface area contributed by atoms with Crippen molar-refractivity contribution in [2.24, 2.45) is 0 Å². The van der Waals surface area contributed by atoms with E-state index in [0.717, 1.165) is 10.5 Å². The number of aromatic nitrogens is 1. The Balaban J connectivity index is 1.57. The van der Waals surface area contributed by atoms with Gasteiger partial charge >= 0.3 is 6.03 Å². The van der Waals surface area contributed by atoms with Crippen molar-refractivity contribution >= 4 is 11.9 Å². The lowest BCUT2D eigenvalue weighted by molar-refractivity contribution is -0.131. The van der Waals surface area contributed by atoms with Crippen LogP contribution in [0.25, 0.3) is 11.3 Å².